The molecule has 0 bridgehead atoms. The molecule has 2 atom stereocenters. The number of hydrogen-bond acceptors (Lipinski definition) is 3. The van der Waals surface area contributed by atoms with Crippen molar-refractivity contribution in [3.63, 3.8) is 0 Å². The Morgan fingerprint density at radius 3 is 2.46 bits per heavy atom. The Labute approximate surface area is 161 Å². The number of halogens is 2. The summed E-state index contributed by atoms with van der Waals surface area (Å²) in [5.74, 6) is -1.69. The lowest BCUT2D eigenvalue weighted by Crippen LogP contribution is -2.49. The summed E-state index contributed by atoms with van der Waals surface area (Å²) >= 11 is 11.9. The minimum atomic E-state index is -0.963. The second kappa shape index (κ2) is 7.84. The molecule has 1 aromatic carbocycles. The van der Waals surface area contributed by atoms with Gasteiger partial charge in [-0.3, -0.25) is 9.59 Å². The summed E-state index contributed by atoms with van der Waals surface area (Å²) in [4.78, 5) is 40.0. The van der Waals surface area contributed by atoms with Crippen molar-refractivity contribution in [1.82, 2.24) is 9.80 Å². The van der Waals surface area contributed by atoms with E-state index >= 15 is 0 Å². The molecule has 2 amide bonds. The van der Waals surface area contributed by atoms with E-state index in [1.54, 1.807) is 17.0 Å². The van der Waals surface area contributed by atoms with Crippen LogP contribution in [0.1, 0.15) is 36.0 Å². The normalized spacial score (nSPS) is 23.2. The van der Waals surface area contributed by atoms with Gasteiger partial charge in [0.1, 0.15) is 6.04 Å². The molecule has 0 aromatic heterocycles. The number of carboxylic acids is 1. The average Bonchev–Trinajstić information content (AvgIpc) is 3.13. The average molecular weight is 399 g/mol. The Balaban J connectivity index is 1.70. The molecule has 0 radical (unpaired) electrons. The molecule has 0 aliphatic carbocycles. The highest BCUT2D eigenvalue weighted by atomic mass is 35.5. The molecule has 6 nitrogen and oxygen atoms in total. The summed E-state index contributed by atoms with van der Waals surface area (Å²) in [5, 5.41) is 9.97. The molecule has 3 rings (SSSR count). The van der Waals surface area contributed by atoms with Crippen LogP contribution >= 0.6 is 23.2 Å². The summed E-state index contributed by atoms with van der Waals surface area (Å²) in [6.45, 7) is 1.32. The van der Waals surface area contributed by atoms with Crippen molar-refractivity contribution < 1.29 is 19.5 Å². The number of carbonyl (C=O) groups is 3. The Bertz CT molecular complexity index is 740. The van der Waals surface area contributed by atoms with Crippen molar-refractivity contribution in [3.8, 4) is 0 Å². The van der Waals surface area contributed by atoms with E-state index in [0.717, 1.165) is 0 Å². The zero-order valence-electron chi connectivity index (χ0n) is 14.2. The highest BCUT2D eigenvalue weighted by molar-refractivity contribution is 6.42. The van der Waals surface area contributed by atoms with Gasteiger partial charge >= 0.3 is 5.97 Å². The van der Waals surface area contributed by atoms with Crippen LogP contribution in [0.4, 0.5) is 0 Å². The summed E-state index contributed by atoms with van der Waals surface area (Å²) in [6.07, 6.45) is 2.54. The monoisotopic (exact) mass is 398 g/mol. The predicted molar refractivity (Wildman–Crippen MR) is 97.5 cm³/mol. The van der Waals surface area contributed by atoms with Gasteiger partial charge in [-0.05, 0) is 43.9 Å². The van der Waals surface area contributed by atoms with Crippen molar-refractivity contribution >= 4 is 41.0 Å². The maximum atomic E-state index is 12.8. The van der Waals surface area contributed by atoms with Crippen molar-refractivity contribution in [1.29, 1.82) is 0 Å². The Morgan fingerprint density at radius 2 is 1.77 bits per heavy atom. The maximum absolute atomic E-state index is 12.8. The first-order valence-electron chi connectivity index (χ1n) is 8.66. The third kappa shape index (κ3) is 3.81. The van der Waals surface area contributed by atoms with Crippen molar-refractivity contribution in [3.05, 3.63) is 33.8 Å². The largest absolute Gasteiger partial charge is 0.480 e. The lowest BCUT2D eigenvalue weighted by Gasteiger charge is -2.35. The van der Waals surface area contributed by atoms with E-state index in [9.17, 15) is 19.5 Å². The molecule has 1 aromatic rings. The van der Waals surface area contributed by atoms with E-state index in [4.69, 9.17) is 23.2 Å². The van der Waals surface area contributed by atoms with Crippen molar-refractivity contribution in [2.75, 3.05) is 19.6 Å². The zero-order valence-corrected chi connectivity index (χ0v) is 15.7. The van der Waals surface area contributed by atoms with Gasteiger partial charge in [-0.15, -0.1) is 0 Å². The fraction of sp³-hybridized carbons (Fsp3) is 0.500. The molecule has 2 heterocycles. The Morgan fingerprint density at radius 1 is 1.04 bits per heavy atom. The topological polar surface area (TPSA) is 77.9 Å². The summed E-state index contributed by atoms with van der Waals surface area (Å²) in [7, 11) is 0. The predicted octanol–water partition coefficient (Wildman–Crippen LogP) is 2.92. The first-order chi connectivity index (χ1) is 12.4. The standard InChI is InChI=1S/C18H20Cl2N2O4/c19-13-6-5-11(9-14(13)20)16(23)21-7-1-3-12(10-21)17(24)22-8-2-4-15(22)18(25)26/h5-6,9,12,15H,1-4,7-8,10H2,(H,25,26)/t12?,15-/m0/s1. The quantitative estimate of drug-likeness (QED) is 0.848. The number of benzene rings is 1. The molecule has 0 saturated carbocycles. The number of carbonyl (C=O) groups excluding carboxylic acids is 2. The van der Waals surface area contributed by atoms with E-state index < -0.39 is 12.0 Å². The molecule has 140 valence electrons. The van der Waals surface area contributed by atoms with Gasteiger partial charge in [0.15, 0.2) is 0 Å². The molecule has 1 N–H and O–H groups in total. The molecule has 2 saturated heterocycles. The Kier molecular flexibility index (Phi) is 5.73. The minimum absolute atomic E-state index is 0.165. The highest BCUT2D eigenvalue weighted by Crippen LogP contribution is 2.27. The van der Waals surface area contributed by atoms with Crippen LogP contribution in [-0.2, 0) is 9.59 Å². The summed E-state index contributed by atoms with van der Waals surface area (Å²) < 4.78 is 0. The molecule has 8 heteroatoms. The van der Waals surface area contributed by atoms with Crippen molar-refractivity contribution in [2.45, 2.75) is 31.7 Å². The van der Waals surface area contributed by atoms with Crippen LogP contribution in [-0.4, -0.2) is 58.4 Å². The van der Waals surface area contributed by atoms with Crippen LogP contribution in [0.3, 0.4) is 0 Å². The number of hydrogen-bond donors (Lipinski definition) is 1. The number of nitrogens with zero attached hydrogens (tertiary/aromatic N) is 2. The fourth-order valence-electron chi connectivity index (χ4n) is 3.70. The van der Waals surface area contributed by atoms with E-state index in [0.29, 0.717) is 60.9 Å². The summed E-state index contributed by atoms with van der Waals surface area (Å²) in [6, 6.07) is 3.97. The second-order valence-electron chi connectivity index (χ2n) is 6.75. The lowest BCUT2D eigenvalue weighted by molar-refractivity contribution is -0.150. The SMILES string of the molecule is O=C(O)[C@@H]1CCCN1C(=O)C1CCCN(C(=O)c2ccc(Cl)c(Cl)c2)C1. The molecule has 2 aliphatic rings. The fourth-order valence-corrected chi connectivity index (χ4v) is 3.99. The second-order valence-corrected chi connectivity index (χ2v) is 7.56. The minimum Gasteiger partial charge on any atom is -0.480 e. The molecule has 2 fully saturated rings. The molecular weight excluding hydrogens is 379 g/mol. The van der Waals surface area contributed by atoms with Gasteiger partial charge in [-0.1, -0.05) is 23.2 Å². The maximum Gasteiger partial charge on any atom is 0.326 e. The van der Waals surface area contributed by atoms with Crippen LogP contribution in [0.2, 0.25) is 10.0 Å². The van der Waals surface area contributed by atoms with Gasteiger partial charge in [0.25, 0.3) is 5.91 Å². The number of aliphatic carboxylic acids is 1. The zero-order chi connectivity index (χ0) is 18.8. The number of likely N-dealkylation sites (tertiary alicyclic amines) is 2. The highest BCUT2D eigenvalue weighted by Gasteiger charge is 2.39. The van der Waals surface area contributed by atoms with Crippen LogP contribution in [0, 0.1) is 5.92 Å². The smallest absolute Gasteiger partial charge is 0.326 e. The molecule has 1 unspecified atom stereocenters. The van der Waals surface area contributed by atoms with Crippen LogP contribution < -0.4 is 0 Å². The van der Waals surface area contributed by atoms with Gasteiger partial charge in [-0.2, -0.15) is 0 Å². The van der Waals surface area contributed by atoms with E-state index in [-0.39, 0.29) is 17.7 Å². The molecular formula is C18H20Cl2N2O4. The Hall–Kier alpha value is -1.79. The number of carboxylic acid groups (broad SMARTS) is 1. The van der Waals surface area contributed by atoms with E-state index in [1.807, 2.05) is 0 Å². The van der Waals surface area contributed by atoms with Crippen LogP contribution in [0.15, 0.2) is 18.2 Å². The van der Waals surface area contributed by atoms with Gasteiger partial charge in [0.2, 0.25) is 5.91 Å². The molecule has 26 heavy (non-hydrogen) atoms. The number of amides is 2. The first-order valence-corrected chi connectivity index (χ1v) is 9.41. The lowest BCUT2D eigenvalue weighted by atomic mass is 9.95. The van der Waals surface area contributed by atoms with Crippen molar-refractivity contribution in [2.24, 2.45) is 5.92 Å². The first kappa shape index (κ1) is 19.0. The number of piperidine rings is 1. The third-order valence-electron chi connectivity index (χ3n) is 5.05. The van der Waals surface area contributed by atoms with Gasteiger partial charge in [0.05, 0.1) is 16.0 Å². The molecule has 2 aliphatic heterocycles. The van der Waals surface area contributed by atoms with Gasteiger partial charge in [0, 0.05) is 25.2 Å². The van der Waals surface area contributed by atoms with Gasteiger partial charge < -0.3 is 14.9 Å². The van der Waals surface area contributed by atoms with E-state index in [2.05, 4.69) is 0 Å². The van der Waals surface area contributed by atoms with Crippen LogP contribution in [0.5, 0.6) is 0 Å². The van der Waals surface area contributed by atoms with Gasteiger partial charge in [-0.25, -0.2) is 4.79 Å². The number of rotatable bonds is 3. The third-order valence-corrected chi connectivity index (χ3v) is 5.78. The van der Waals surface area contributed by atoms with Crippen LogP contribution in [0.25, 0.3) is 0 Å². The molecule has 0 spiro atoms. The van der Waals surface area contributed by atoms with E-state index in [1.165, 1.54) is 11.0 Å². The summed E-state index contributed by atoms with van der Waals surface area (Å²) in [5.41, 5.74) is 0.428.